The highest BCUT2D eigenvalue weighted by Gasteiger charge is 2.22. The lowest BCUT2D eigenvalue weighted by Crippen LogP contribution is -2.44. The van der Waals surface area contributed by atoms with Gasteiger partial charge in [-0.2, -0.15) is 0 Å². The highest BCUT2D eigenvalue weighted by Crippen LogP contribution is 2.18. The van der Waals surface area contributed by atoms with Crippen LogP contribution in [0.4, 0.5) is 0 Å². The van der Waals surface area contributed by atoms with Crippen LogP contribution in [-0.2, 0) is 14.4 Å². The Balaban J connectivity index is 4.59. The van der Waals surface area contributed by atoms with Gasteiger partial charge < -0.3 is 10.6 Å². The highest BCUT2D eigenvalue weighted by atomic mass is 32.2. The van der Waals surface area contributed by atoms with E-state index in [0.717, 1.165) is 11.8 Å². The number of thioether (sulfide) groups is 1. The molecule has 0 heterocycles. The molecule has 0 saturated heterocycles. The number of rotatable bonds is 6. The van der Waals surface area contributed by atoms with E-state index in [4.69, 9.17) is 0 Å². The summed E-state index contributed by atoms with van der Waals surface area (Å²) in [5.41, 5.74) is 0.447. The van der Waals surface area contributed by atoms with E-state index in [1.807, 2.05) is 0 Å². The quantitative estimate of drug-likeness (QED) is 0.703. The van der Waals surface area contributed by atoms with E-state index in [1.165, 1.54) is 13.8 Å². The Bertz CT molecular complexity index is 355. The second-order valence-corrected chi connectivity index (χ2v) is 5.36. The third-order valence-corrected chi connectivity index (χ3v) is 3.59. The Morgan fingerprint density at radius 2 is 1.72 bits per heavy atom. The molecule has 0 fully saturated rings. The maximum atomic E-state index is 11.6. The molecule has 0 aliphatic rings. The summed E-state index contributed by atoms with van der Waals surface area (Å²) in [6.45, 7) is 10.2. The van der Waals surface area contributed by atoms with E-state index in [1.54, 1.807) is 13.8 Å². The zero-order valence-corrected chi connectivity index (χ0v) is 12.0. The first-order chi connectivity index (χ1) is 8.23. The molecular weight excluding hydrogens is 252 g/mol. The summed E-state index contributed by atoms with van der Waals surface area (Å²) in [7, 11) is 0. The van der Waals surface area contributed by atoms with E-state index in [-0.39, 0.29) is 28.2 Å². The predicted molar refractivity (Wildman–Crippen MR) is 73.2 cm³/mol. The van der Waals surface area contributed by atoms with Crippen LogP contribution in [0.1, 0.15) is 27.7 Å². The second kappa shape index (κ2) is 7.92. The summed E-state index contributed by atoms with van der Waals surface area (Å²) in [6, 6.07) is -0.220. The van der Waals surface area contributed by atoms with Crippen molar-refractivity contribution in [3.05, 3.63) is 12.2 Å². The minimum Gasteiger partial charge on any atom is -0.355 e. The standard InChI is InChI=1S/C12H20N2O3S/c1-7(2)12(17)18-11(6-13-9(4)15)8(3)14-10(5)16/h8,11H,1,6H2,2-5H3,(H,13,15)(H,14,16). The van der Waals surface area contributed by atoms with Gasteiger partial charge in [0.15, 0.2) is 0 Å². The van der Waals surface area contributed by atoms with Crippen molar-refractivity contribution in [3.8, 4) is 0 Å². The molecule has 2 amide bonds. The highest BCUT2D eigenvalue weighted by molar-refractivity contribution is 8.14. The van der Waals surface area contributed by atoms with Gasteiger partial charge in [0, 0.05) is 31.7 Å². The smallest absolute Gasteiger partial charge is 0.217 e. The molecule has 0 aromatic rings. The van der Waals surface area contributed by atoms with Crippen LogP contribution in [0.2, 0.25) is 0 Å². The Labute approximate surface area is 112 Å². The lowest BCUT2D eigenvalue weighted by Gasteiger charge is -2.23. The van der Waals surface area contributed by atoms with E-state index in [0.29, 0.717) is 12.1 Å². The van der Waals surface area contributed by atoms with Gasteiger partial charge in [0.25, 0.3) is 0 Å². The van der Waals surface area contributed by atoms with Gasteiger partial charge in [0.05, 0.1) is 0 Å². The summed E-state index contributed by atoms with van der Waals surface area (Å²) in [4.78, 5) is 33.5. The fourth-order valence-corrected chi connectivity index (χ4v) is 2.13. The zero-order chi connectivity index (χ0) is 14.3. The first kappa shape index (κ1) is 16.7. The maximum absolute atomic E-state index is 11.6. The first-order valence-corrected chi connectivity index (χ1v) is 6.50. The van der Waals surface area contributed by atoms with Crippen LogP contribution in [0.5, 0.6) is 0 Å². The summed E-state index contributed by atoms with van der Waals surface area (Å²) in [5, 5.41) is 5.01. The van der Waals surface area contributed by atoms with Gasteiger partial charge in [-0.1, -0.05) is 18.3 Å². The molecule has 0 spiro atoms. The number of carbonyl (C=O) groups excluding carboxylic acids is 3. The van der Waals surface area contributed by atoms with E-state index in [9.17, 15) is 14.4 Å². The molecular formula is C12H20N2O3S. The third kappa shape index (κ3) is 7.11. The topological polar surface area (TPSA) is 75.3 Å². The number of nitrogens with one attached hydrogen (secondary N) is 2. The van der Waals surface area contributed by atoms with E-state index >= 15 is 0 Å². The molecule has 18 heavy (non-hydrogen) atoms. The number of hydrogen-bond acceptors (Lipinski definition) is 4. The van der Waals surface area contributed by atoms with Crippen molar-refractivity contribution in [2.45, 2.75) is 39.0 Å². The molecule has 0 radical (unpaired) electrons. The number of hydrogen-bond donors (Lipinski definition) is 2. The fourth-order valence-electron chi connectivity index (χ4n) is 1.22. The van der Waals surface area contributed by atoms with Crippen molar-refractivity contribution >= 4 is 28.7 Å². The van der Waals surface area contributed by atoms with Gasteiger partial charge in [-0.15, -0.1) is 0 Å². The lowest BCUT2D eigenvalue weighted by molar-refractivity contribution is -0.119. The van der Waals surface area contributed by atoms with Gasteiger partial charge in [-0.3, -0.25) is 14.4 Å². The Morgan fingerprint density at radius 1 is 1.17 bits per heavy atom. The van der Waals surface area contributed by atoms with Crippen LogP contribution in [-0.4, -0.2) is 34.8 Å². The molecule has 2 N–H and O–H groups in total. The summed E-state index contributed by atoms with van der Waals surface area (Å²) >= 11 is 1.08. The molecule has 102 valence electrons. The molecule has 5 nitrogen and oxygen atoms in total. The van der Waals surface area contributed by atoms with Crippen molar-refractivity contribution in [2.75, 3.05) is 6.54 Å². The average Bonchev–Trinajstić information content (AvgIpc) is 2.21. The molecule has 0 aromatic carbocycles. The minimum atomic E-state index is -0.220. The molecule has 0 aliphatic heterocycles. The minimum absolute atomic E-state index is 0.137. The molecule has 0 rings (SSSR count). The SMILES string of the molecule is C=C(C)C(=O)SC(CNC(C)=O)C(C)NC(C)=O. The molecule has 0 saturated carbocycles. The molecule has 0 aliphatic carbocycles. The Kier molecular flexibility index (Phi) is 7.35. The van der Waals surface area contributed by atoms with Crippen molar-refractivity contribution in [2.24, 2.45) is 0 Å². The van der Waals surface area contributed by atoms with E-state index in [2.05, 4.69) is 17.2 Å². The molecule has 2 unspecified atom stereocenters. The first-order valence-electron chi connectivity index (χ1n) is 5.62. The number of amides is 2. The maximum Gasteiger partial charge on any atom is 0.217 e. The van der Waals surface area contributed by atoms with Gasteiger partial charge in [0.1, 0.15) is 0 Å². The van der Waals surface area contributed by atoms with Crippen molar-refractivity contribution < 1.29 is 14.4 Å². The van der Waals surface area contributed by atoms with Gasteiger partial charge in [-0.05, 0) is 19.4 Å². The van der Waals surface area contributed by atoms with Gasteiger partial charge >= 0.3 is 0 Å². The monoisotopic (exact) mass is 272 g/mol. The fraction of sp³-hybridized carbons (Fsp3) is 0.583. The summed E-state index contributed by atoms with van der Waals surface area (Å²) in [5.74, 6) is -0.336. The lowest BCUT2D eigenvalue weighted by atomic mass is 10.2. The Hall–Kier alpha value is -1.30. The normalized spacial score (nSPS) is 13.3. The van der Waals surface area contributed by atoms with Crippen LogP contribution in [0.25, 0.3) is 0 Å². The summed E-state index contributed by atoms with van der Waals surface area (Å²) < 4.78 is 0. The van der Waals surface area contributed by atoms with Crippen LogP contribution < -0.4 is 10.6 Å². The van der Waals surface area contributed by atoms with Crippen molar-refractivity contribution in [3.63, 3.8) is 0 Å². The van der Waals surface area contributed by atoms with Gasteiger partial charge in [0.2, 0.25) is 16.9 Å². The molecule has 6 heteroatoms. The average molecular weight is 272 g/mol. The Morgan fingerprint density at radius 3 is 2.11 bits per heavy atom. The number of carbonyl (C=O) groups is 3. The van der Waals surface area contributed by atoms with Crippen LogP contribution in [0, 0.1) is 0 Å². The van der Waals surface area contributed by atoms with Crippen molar-refractivity contribution in [1.29, 1.82) is 0 Å². The zero-order valence-electron chi connectivity index (χ0n) is 11.2. The van der Waals surface area contributed by atoms with E-state index < -0.39 is 0 Å². The molecule has 2 atom stereocenters. The largest absolute Gasteiger partial charge is 0.355 e. The van der Waals surface area contributed by atoms with Crippen LogP contribution in [0.15, 0.2) is 12.2 Å². The molecule has 0 bridgehead atoms. The summed E-state index contributed by atoms with van der Waals surface area (Å²) in [6.07, 6.45) is 0. The predicted octanol–water partition coefficient (Wildman–Crippen LogP) is 0.852. The van der Waals surface area contributed by atoms with Gasteiger partial charge in [-0.25, -0.2) is 0 Å². The van der Waals surface area contributed by atoms with Crippen molar-refractivity contribution in [1.82, 2.24) is 10.6 Å². The van der Waals surface area contributed by atoms with Crippen LogP contribution >= 0.6 is 11.8 Å². The second-order valence-electron chi connectivity index (χ2n) is 4.15. The third-order valence-electron chi connectivity index (χ3n) is 2.15. The van der Waals surface area contributed by atoms with Crippen LogP contribution in [0.3, 0.4) is 0 Å². The molecule has 0 aromatic heterocycles.